The molecule has 0 bridgehead atoms. The Bertz CT molecular complexity index is 1440. The van der Waals surface area contributed by atoms with Crippen LogP contribution in [0.2, 0.25) is 0 Å². The first-order valence-electron chi connectivity index (χ1n) is 10.2. The molecule has 3 aromatic heterocycles. The van der Waals surface area contributed by atoms with Crippen LogP contribution in [0.3, 0.4) is 0 Å². The van der Waals surface area contributed by atoms with Crippen LogP contribution in [0.25, 0.3) is 33.8 Å². The van der Waals surface area contributed by atoms with Crippen LogP contribution in [-0.4, -0.2) is 25.2 Å². The van der Waals surface area contributed by atoms with Gasteiger partial charge < -0.3 is 5.73 Å². The van der Waals surface area contributed by atoms with E-state index in [-0.39, 0.29) is 5.71 Å². The number of nitrogens with two attached hydrogens (primary N) is 1. The zero-order chi connectivity index (χ0) is 23.4. The van der Waals surface area contributed by atoms with E-state index in [1.807, 2.05) is 60.0 Å². The van der Waals surface area contributed by atoms with Crippen LogP contribution in [0.15, 0.2) is 73.0 Å². The number of rotatable bonds is 6. The Kier molecular flexibility index (Phi) is 6.29. The zero-order valence-corrected chi connectivity index (χ0v) is 18.6. The van der Waals surface area contributed by atoms with Gasteiger partial charge >= 0.3 is 0 Å². The van der Waals surface area contributed by atoms with Gasteiger partial charge in [-0.3, -0.25) is 9.98 Å². The molecule has 0 aliphatic rings. The maximum Gasteiger partial charge on any atom is 0.165 e. The van der Waals surface area contributed by atoms with Crippen LogP contribution < -0.4 is 5.73 Å². The van der Waals surface area contributed by atoms with E-state index in [0.717, 1.165) is 11.3 Å². The summed E-state index contributed by atoms with van der Waals surface area (Å²) in [5.41, 5.74) is 10.6. The van der Waals surface area contributed by atoms with Crippen LogP contribution in [0.5, 0.6) is 0 Å². The minimum atomic E-state index is -0.172. The third-order valence-electron chi connectivity index (χ3n) is 5.05. The second-order valence-corrected chi connectivity index (χ2v) is 7.41. The molecule has 3 N–H and O–H groups in total. The van der Waals surface area contributed by atoms with Gasteiger partial charge in [-0.2, -0.15) is 5.26 Å². The number of aromatic nitrogens is 4. The minimum Gasteiger partial charge on any atom is -0.383 e. The number of hydrogen-bond donors (Lipinski definition) is 2. The molecular formula is C25H20ClN7. The molecule has 4 rings (SSSR count). The fraction of sp³-hybridized carbons (Fsp3) is 0.0800. The van der Waals surface area contributed by atoms with Crippen molar-refractivity contribution in [1.82, 2.24) is 19.5 Å². The molecule has 33 heavy (non-hydrogen) atoms. The highest BCUT2D eigenvalue weighted by molar-refractivity contribution is 6.29. The first kappa shape index (κ1) is 21.9. The van der Waals surface area contributed by atoms with Crippen molar-refractivity contribution in [2.24, 2.45) is 0 Å². The van der Waals surface area contributed by atoms with Gasteiger partial charge in [-0.25, -0.2) is 15.0 Å². The highest BCUT2D eigenvalue weighted by Gasteiger charge is 2.19. The monoisotopic (exact) mass is 453 g/mol. The summed E-state index contributed by atoms with van der Waals surface area (Å²) in [6, 6.07) is 16.9. The van der Waals surface area contributed by atoms with Crippen molar-refractivity contribution in [1.29, 1.82) is 10.7 Å². The van der Waals surface area contributed by atoms with Gasteiger partial charge in [0.15, 0.2) is 11.5 Å². The van der Waals surface area contributed by atoms with E-state index in [2.05, 4.69) is 4.98 Å². The lowest BCUT2D eigenvalue weighted by Crippen LogP contribution is -2.04. The van der Waals surface area contributed by atoms with Crippen molar-refractivity contribution >= 4 is 39.9 Å². The summed E-state index contributed by atoms with van der Waals surface area (Å²) >= 11 is 5.97. The van der Waals surface area contributed by atoms with Crippen LogP contribution in [0, 0.1) is 16.7 Å². The highest BCUT2D eigenvalue weighted by Crippen LogP contribution is 2.31. The molecule has 0 saturated carbocycles. The Morgan fingerprint density at radius 2 is 1.97 bits per heavy atom. The molecule has 7 nitrogen and oxygen atoms in total. The number of imidazole rings is 1. The molecule has 0 fully saturated rings. The molecular weight excluding hydrogens is 434 g/mol. The van der Waals surface area contributed by atoms with Gasteiger partial charge in [0.05, 0.1) is 11.3 Å². The molecule has 4 aromatic rings. The third kappa shape index (κ3) is 4.25. The number of nitriles is 1. The molecule has 8 heteroatoms. The van der Waals surface area contributed by atoms with Gasteiger partial charge in [0.1, 0.15) is 23.1 Å². The van der Waals surface area contributed by atoms with E-state index < -0.39 is 0 Å². The lowest BCUT2D eigenvalue weighted by atomic mass is 10.1. The summed E-state index contributed by atoms with van der Waals surface area (Å²) in [7, 11) is 0. The molecule has 0 unspecified atom stereocenters. The SMILES string of the molecule is CC=C/C=C(\C(=N)C#N)c1ccc2nc(-c3cccnc3N)n(-c3ccc(CCl)cc3)c2n1. The van der Waals surface area contributed by atoms with E-state index in [9.17, 15) is 5.26 Å². The summed E-state index contributed by atoms with van der Waals surface area (Å²) in [4.78, 5) is 13.8. The molecule has 1 aromatic carbocycles. The topological polar surface area (TPSA) is 117 Å². The predicted octanol–water partition coefficient (Wildman–Crippen LogP) is 5.31. The van der Waals surface area contributed by atoms with Gasteiger partial charge in [-0.05, 0) is 48.9 Å². The second kappa shape index (κ2) is 9.47. The Morgan fingerprint density at radius 1 is 1.18 bits per heavy atom. The highest BCUT2D eigenvalue weighted by atomic mass is 35.5. The van der Waals surface area contributed by atoms with Crippen molar-refractivity contribution < 1.29 is 0 Å². The van der Waals surface area contributed by atoms with Crippen molar-refractivity contribution in [3.05, 3.63) is 84.2 Å². The Labute approximate surface area is 196 Å². The van der Waals surface area contributed by atoms with Crippen molar-refractivity contribution in [2.75, 3.05) is 5.73 Å². The van der Waals surface area contributed by atoms with Crippen LogP contribution in [-0.2, 0) is 5.88 Å². The van der Waals surface area contributed by atoms with E-state index in [4.69, 9.17) is 32.7 Å². The number of nitrogens with one attached hydrogen (secondary N) is 1. The molecule has 3 heterocycles. The van der Waals surface area contributed by atoms with Crippen molar-refractivity contribution in [3.8, 4) is 23.1 Å². The van der Waals surface area contributed by atoms with E-state index in [1.165, 1.54) is 0 Å². The van der Waals surface area contributed by atoms with Crippen molar-refractivity contribution in [3.63, 3.8) is 0 Å². The first-order chi connectivity index (χ1) is 16.1. The molecule has 162 valence electrons. The summed E-state index contributed by atoms with van der Waals surface area (Å²) in [6.45, 7) is 1.87. The van der Waals surface area contributed by atoms with Gasteiger partial charge in [-0.15, -0.1) is 11.6 Å². The number of allylic oxidation sites excluding steroid dienone is 4. The fourth-order valence-electron chi connectivity index (χ4n) is 3.42. The molecule has 0 saturated heterocycles. The Balaban J connectivity index is 2.02. The normalized spacial score (nSPS) is 11.7. The average molecular weight is 454 g/mol. The number of anilines is 1. The fourth-order valence-corrected chi connectivity index (χ4v) is 3.60. The van der Waals surface area contributed by atoms with E-state index in [0.29, 0.717) is 45.5 Å². The van der Waals surface area contributed by atoms with Crippen LogP contribution >= 0.6 is 11.6 Å². The Morgan fingerprint density at radius 3 is 2.64 bits per heavy atom. The number of pyridine rings is 2. The van der Waals surface area contributed by atoms with Crippen LogP contribution in [0.4, 0.5) is 5.82 Å². The maximum atomic E-state index is 9.33. The van der Waals surface area contributed by atoms with Crippen molar-refractivity contribution in [2.45, 2.75) is 12.8 Å². The number of fused-ring (bicyclic) bond motifs is 1. The largest absolute Gasteiger partial charge is 0.383 e. The number of nitrogen functional groups attached to an aromatic ring is 1. The molecule has 0 spiro atoms. The minimum absolute atomic E-state index is 0.172. The standard InChI is InChI=1S/C25H20ClN7/c1-2-3-5-18(20(28)15-27)21-11-12-22-25(31-21)33(17-9-7-16(14-26)8-10-17)24(32-22)19-6-4-13-30-23(19)29/h2-13,28H,14H2,1H3,(H2,29,30)/b3-2?,18-5+,28-20?. The summed E-state index contributed by atoms with van der Waals surface area (Å²) < 4.78 is 1.90. The van der Waals surface area contributed by atoms with Gasteiger partial charge in [0.2, 0.25) is 0 Å². The lowest BCUT2D eigenvalue weighted by molar-refractivity contribution is 1.07. The average Bonchev–Trinajstić information content (AvgIpc) is 3.23. The third-order valence-corrected chi connectivity index (χ3v) is 5.35. The van der Waals surface area contributed by atoms with Gasteiger partial charge in [0, 0.05) is 23.3 Å². The summed E-state index contributed by atoms with van der Waals surface area (Å²) in [6.07, 6.45) is 6.94. The number of benzene rings is 1. The summed E-state index contributed by atoms with van der Waals surface area (Å²) in [5.74, 6) is 1.35. The smallest absolute Gasteiger partial charge is 0.165 e. The number of halogens is 1. The number of nitrogens with zero attached hydrogens (tertiary/aromatic N) is 5. The molecule has 0 atom stereocenters. The Hall–Kier alpha value is -4.28. The molecule has 0 aliphatic carbocycles. The predicted molar refractivity (Wildman–Crippen MR) is 132 cm³/mol. The first-order valence-corrected chi connectivity index (χ1v) is 10.7. The molecule has 0 aliphatic heterocycles. The van der Waals surface area contributed by atoms with Gasteiger partial charge in [-0.1, -0.05) is 30.4 Å². The maximum absolute atomic E-state index is 9.33. The number of alkyl halides is 1. The van der Waals surface area contributed by atoms with E-state index >= 15 is 0 Å². The second-order valence-electron chi connectivity index (χ2n) is 7.14. The summed E-state index contributed by atoms with van der Waals surface area (Å²) in [5, 5.41) is 17.4. The zero-order valence-electron chi connectivity index (χ0n) is 17.8. The molecule has 0 amide bonds. The lowest BCUT2D eigenvalue weighted by Gasteiger charge is -2.11. The van der Waals surface area contributed by atoms with E-state index in [1.54, 1.807) is 30.5 Å². The number of hydrogen-bond acceptors (Lipinski definition) is 6. The van der Waals surface area contributed by atoms with Crippen LogP contribution in [0.1, 0.15) is 18.2 Å². The molecule has 0 radical (unpaired) electrons. The van der Waals surface area contributed by atoms with Gasteiger partial charge in [0.25, 0.3) is 0 Å². The quantitative estimate of drug-likeness (QED) is 0.233.